The number of imidazole rings is 1. The van der Waals surface area contributed by atoms with Crippen molar-refractivity contribution in [2.45, 2.75) is 33.8 Å². The first-order valence-corrected chi connectivity index (χ1v) is 9.68. The Kier molecular flexibility index (Phi) is 6.16. The van der Waals surface area contributed by atoms with Crippen molar-refractivity contribution in [3.05, 3.63) is 60.2 Å². The minimum absolute atomic E-state index is 0.0759. The zero-order chi connectivity index (χ0) is 21.0. The summed E-state index contributed by atoms with van der Waals surface area (Å²) in [6, 6.07) is 12.5. The zero-order valence-electron chi connectivity index (χ0n) is 17.1. The van der Waals surface area contributed by atoms with Crippen LogP contribution in [0.3, 0.4) is 0 Å². The first kappa shape index (κ1) is 20.4. The van der Waals surface area contributed by atoms with Crippen molar-refractivity contribution in [2.24, 2.45) is 5.92 Å². The number of carbonyl (C=O) groups is 2. The third kappa shape index (κ3) is 4.93. The zero-order valence-corrected chi connectivity index (χ0v) is 17.1. The molecule has 2 N–H and O–H groups in total. The van der Waals surface area contributed by atoms with Crippen molar-refractivity contribution in [2.75, 3.05) is 11.9 Å². The lowest BCUT2D eigenvalue weighted by atomic mass is 10.2. The van der Waals surface area contributed by atoms with E-state index in [0.29, 0.717) is 23.7 Å². The van der Waals surface area contributed by atoms with Crippen LogP contribution in [0.15, 0.2) is 48.7 Å². The highest BCUT2D eigenvalue weighted by atomic mass is 16.5. The molecule has 2 amide bonds. The van der Waals surface area contributed by atoms with Crippen molar-refractivity contribution in [3.8, 4) is 5.75 Å². The molecule has 0 unspecified atom stereocenters. The second kappa shape index (κ2) is 8.77. The lowest BCUT2D eigenvalue weighted by molar-refractivity contribution is 0.0946. The average Bonchev–Trinajstić information content (AvgIpc) is 3.07. The fourth-order valence-corrected chi connectivity index (χ4v) is 2.82. The highest BCUT2D eigenvalue weighted by molar-refractivity contribution is 6.06. The van der Waals surface area contributed by atoms with Gasteiger partial charge in [0.25, 0.3) is 11.8 Å². The number of amides is 2. The fourth-order valence-electron chi connectivity index (χ4n) is 2.82. The second-order valence-corrected chi connectivity index (χ2v) is 7.49. The molecule has 0 radical (unpaired) electrons. The standard InChI is InChI=1S/C22H26N4O3/c1-14(2)13-23-21(27)19-18-7-5-6-12-26(18)20(25-19)22(28)24-16-8-10-17(11-9-16)29-15(3)4/h5-12,14-15H,13H2,1-4H3,(H,23,27)(H,24,28). The molecular formula is C22H26N4O3. The molecule has 0 spiro atoms. The van der Waals surface area contributed by atoms with Crippen LogP contribution in [0.4, 0.5) is 5.69 Å². The molecule has 0 saturated carbocycles. The number of carbonyl (C=O) groups excluding carboxylic acids is 2. The smallest absolute Gasteiger partial charge is 0.292 e. The molecule has 2 heterocycles. The molecule has 29 heavy (non-hydrogen) atoms. The van der Waals surface area contributed by atoms with Crippen LogP contribution in [0, 0.1) is 5.92 Å². The number of hydrogen-bond acceptors (Lipinski definition) is 4. The monoisotopic (exact) mass is 394 g/mol. The Bertz CT molecular complexity index is 1010. The molecule has 3 rings (SSSR count). The number of rotatable bonds is 7. The van der Waals surface area contributed by atoms with Crippen LogP contribution in [0.25, 0.3) is 5.52 Å². The van der Waals surface area contributed by atoms with Crippen LogP contribution in [-0.4, -0.2) is 33.8 Å². The molecule has 0 bridgehead atoms. The Morgan fingerprint density at radius 2 is 1.76 bits per heavy atom. The van der Waals surface area contributed by atoms with Gasteiger partial charge in [0, 0.05) is 18.4 Å². The van der Waals surface area contributed by atoms with Gasteiger partial charge in [-0.2, -0.15) is 0 Å². The van der Waals surface area contributed by atoms with Crippen LogP contribution < -0.4 is 15.4 Å². The Balaban J connectivity index is 1.83. The molecule has 0 atom stereocenters. The number of nitrogens with one attached hydrogen (secondary N) is 2. The van der Waals surface area contributed by atoms with Crippen LogP contribution in [0.2, 0.25) is 0 Å². The summed E-state index contributed by atoms with van der Waals surface area (Å²) in [5, 5.41) is 5.68. The number of hydrogen-bond donors (Lipinski definition) is 2. The van der Waals surface area contributed by atoms with Crippen LogP contribution in [-0.2, 0) is 0 Å². The average molecular weight is 394 g/mol. The van der Waals surface area contributed by atoms with Gasteiger partial charge in [0.05, 0.1) is 11.6 Å². The summed E-state index contributed by atoms with van der Waals surface area (Å²) in [6.07, 6.45) is 1.79. The molecule has 0 aliphatic heterocycles. The van der Waals surface area contributed by atoms with Gasteiger partial charge < -0.3 is 15.4 Å². The number of ether oxygens (including phenoxy) is 1. The van der Waals surface area contributed by atoms with Crippen molar-refractivity contribution >= 4 is 23.0 Å². The van der Waals surface area contributed by atoms with E-state index in [0.717, 1.165) is 5.75 Å². The van der Waals surface area contributed by atoms with Gasteiger partial charge in [-0.05, 0) is 56.2 Å². The van der Waals surface area contributed by atoms with Gasteiger partial charge in [0.15, 0.2) is 5.69 Å². The van der Waals surface area contributed by atoms with E-state index in [1.54, 1.807) is 47.0 Å². The maximum absolute atomic E-state index is 12.8. The molecular weight excluding hydrogens is 368 g/mol. The van der Waals surface area contributed by atoms with Crippen molar-refractivity contribution < 1.29 is 14.3 Å². The lowest BCUT2D eigenvalue weighted by Crippen LogP contribution is -2.27. The molecule has 0 aliphatic carbocycles. The third-order valence-electron chi connectivity index (χ3n) is 4.12. The molecule has 7 nitrogen and oxygen atoms in total. The Hall–Kier alpha value is -3.35. The summed E-state index contributed by atoms with van der Waals surface area (Å²) in [4.78, 5) is 29.7. The molecule has 0 saturated heterocycles. The van der Waals surface area contributed by atoms with Gasteiger partial charge in [-0.1, -0.05) is 19.9 Å². The lowest BCUT2D eigenvalue weighted by Gasteiger charge is -2.10. The topological polar surface area (TPSA) is 84.7 Å². The fraction of sp³-hybridized carbons (Fsp3) is 0.318. The summed E-state index contributed by atoms with van der Waals surface area (Å²) in [5.74, 6) is 0.507. The minimum atomic E-state index is -0.397. The van der Waals surface area contributed by atoms with E-state index < -0.39 is 5.91 Å². The molecule has 0 fully saturated rings. The Labute approximate surface area is 170 Å². The number of benzene rings is 1. The number of pyridine rings is 1. The normalized spacial score (nSPS) is 11.1. The maximum atomic E-state index is 12.8. The van der Waals surface area contributed by atoms with Gasteiger partial charge in [-0.15, -0.1) is 0 Å². The van der Waals surface area contributed by atoms with E-state index >= 15 is 0 Å². The summed E-state index contributed by atoms with van der Waals surface area (Å²) in [7, 11) is 0. The van der Waals surface area contributed by atoms with Crippen LogP contribution in [0.1, 0.15) is 48.8 Å². The van der Waals surface area contributed by atoms with Gasteiger partial charge >= 0.3 is 0 Å². The quantitative estimate of drug-likeness (QED) is 0.639. The van der Waals surface area contributed by atoms with Crippen molar-refractivity contribution in [1.82, 2.24) is 14.7 Å². The Morgan fingerprint density at radius 1 is 1.03 bits per heavy atom. The SMILES string of the molecule is CC(C)CNC(=O)c1nc(C(=O)Nc2ccc(OC(C)C)cc2)n2ccccc12. The van der Waals surface area contributed by atoms with E-state index in [4.69, 9.17) is 4.74 Å². The minimum Gasteiger partial charge on any atom is -0.491 e. The van der Waals surface area contributed by atoms with Gasteiger partial charge in [-0.3, -0.25) is 14.0 Å². The Morgan fingerprint density at radius 3 is 2.41 bits per heavy atom. The first-order valence-electron chi connectivity index (χ1n) is 9.68. The summed E-state index contributed by atoms with van der Waals surface area (Å²) < 4.78 is 7.23. The summed E-state index contributed by atoms with van der Waals surface area (Å²) in [6.45, 7) is 8.48. The molecule has 3 aromatic rings. The summed E-state index contributed by atoms with van der Waals surface area (Å²) >= 11 is 0. The van der Waals surface area contributed by atoms with Crippen LogP contribution >= 0.6 is 0 Å². The van der Waals surface area contributed by atoms with E-state index in [1.807, 2.05) is 33.8 Å². The molecule has 7 heteroatoms. The maximum Gasteiger partial charge on any atom is 0.292 e. The largest absolute Gasteiger partial charge is 0.491 e. The first-order chi connectivity index (χ1) is 13.8. The number of aromatic nitrogens is 2. The molecule has 1 aromatic carbocycles. The van der Waals surface area contributed by atoms with E-state index in [2.05, 4.69) is 15.6 Å². The highest BCUT2D eigenvalue weighted by Crippen LogP contribution is 2.19. The van der Waals surface area contributed by atoms with Crippen LogP contribution in [0.5, 0.6) is 5.75 Å². The number of anilines is 1. The highest BCUT2D eigenvalue weighted by Gasteiger charge is 2.21. The number of nitrogens with zero attached hydrogens (tertiary/aromatic N) is 2. The van der Waals surface area contributed by atoms with E-state index in [1.165, 1.54) is 0 Å². The third-order valence-corrected chi connectivity index (χ3v) is 4.12. The van der Waals surface area contributed by atoms with Crippen molar-refractivity contribution in [3.63, 3.8) is 0 Å². The van der Waals surface area contributed by atoms with E-state index in [9.17, 15) is 9.59 Å². The summed E-state index contributed by atoms with van der Waals surface area (Å²) in [5.41, 5.74) is 1.43. The van der Waals surface area contributed by atoms with Gasteiger partial charge in [0.2, 0.25) is 5.82 Å². The van der Waals surface area contributed by atoms with Crippen molar-refractivity contribution in [1.29, 1.82) is 0 Å². The molecule has 152 valence electrons. The predicted molar refractivity (Wildman–Crippen MR) is 113 cm³/mol. The van der Waals surface area contributed by atoms with Gasteiger partial charge in [0.1, 0.15) is 5.75 Å². The molecule has 0 aliphatic rings. The number of fused-ring (bicyclic) bond motifs is 1. The van der Waals surface area contributed by atoms with Gasteiger partial charge in [-0.25, -0.2) is 4.98 Å². The van der Waals surface area contributed by atoms with E-state index in [-0.39, 0.29) is 23.5 Å². The second-order valence-electron chi connectivity index (χ2n) is 7.49. The predicted octanol–water partition coefficient (Wildman–Crippen LogP) is 3.76. The molecule has 2 aromatic heterocycles.